The van der Waals surface area contributed by atoms with Crippen molar-refractivity contribution >= 4 is 18.0 Å². The summed E-state index contributed by atoms with van der Waals surface area (Å²) in [6, 6.07) is 3.35. The van der Waals surface area contributed by atoms with Crippen molar-refractivity contribution in [1.29, 1.82) is 0 Å². The van der Waals surface area contributed by atoms with Crippen LogP contribution in [-0.2, 0) is 22.4 Å². The second-order valence-corrected chi connectivity index (χ2v) is 6.50. The van der Waals surface area contributed by atoms with Gasteiger partial charge < -0.3 is 14.4 Å². The highest BCUT2D eigenvalue weighted by Crippen LogP contribution is 2.28. The summed E-state index contributed by atoms with van der Waals surface area (Å²) in [7, 11) is 0. The first kappa shape index (κ1) is 14.6. The molecular weight excluding hydrogens is 286 g/mol. The monoisotopic (exact) mass is 303 g/mol. The van der Waals surface area contributed by atoms with Crippen LogP contribution in [0.1, 0.15) is 52.6 Å². The van der Waals surface area contributed by atoms with Gasteiger partial charge in [-0.1, -0.05) is 0 Å². The lowest BCUT2D eigenvalue weighted by atomic mass is 9.94. The van der Waals surface area contributed by atoms with Gasteiger partial charge in [-0.2, -0.15) is 0 Å². The van der Waals surface area contributed by atoms with Crippen LogP contribution in [0.3, 0.4) is 0 Å². The van der Waals surface area contributed by atoms with E-state index in [9.17, 15) is 14.4 Å². The van der Waals surface area contributed by atoms with Crippen molar-refractivity contribution in [1.82, 2.24) is 4.90 Å². The Morgan fingerprint density at radius 1 is 1.14 bits per heavy atom. The van der Waals surface area contributed by atoms with Crippen LogP contribution in [0.15, 0.2) is 12.1 Å². The molecular formula is C16H17NO5. The minimum absolute atomic E-state index is 0.273. The number of esters is 2. The highest BCUT2D eigenvalue weighted by atomic mass is 16.6. The first-order valence-corrected chi connectivity index (χ1v) is 7.15. The number of rotatable bonds is 0. The van der Waals surface area contributed by atoms with Gasteiger partial charge in [0.1, 0.15) is 5.60 Å². The van der Waals surface area contributed by atoms with Crippen molar-refractivity contribution in [2.75, 3.05) is 6.54 Å². The number of nitrogens with zero attached hydrogens (tertiary/aromatic N) is 1. The van der Waals surface area contributed by atoms with Crippen LogP contribution in [0.2, 0.25) is 0 Å². The van der Waals surface area contributed by atoms with E-state index in [2.05, 4.69) is 4.74 Å². The Balaban J connectivity index is 1.85. The maximum atomic E-state index is 12.1. The molecule has 1 aromatic rings. The summed E-state index contributed by atoms with van der Waals surface area (Å²) in [5, 5.41) is 0. The molecule has 3 rings (SSSR count). The molecule has 2 heterocycles. The Labute approximate surface area is 128 Å². The number of ether oxygens (including phenoxy) is 2. The zero-order valence-electron chi connectivity index (χ0n) is 12.8. The Bertz CT molecular complexity index is 687. The molecule has 0 bridgehead atoms. The number of cyclic esters (lactones) is 2. The van der Waals surface area contributed by atoms with E-state index in [0.29, 0.717) is 25.1 Å². The van der Waals surface area contributed by atoms with Crippen LogP contribution in [0.25, 0.3) is 0 Å². The lowest BCUT2D eigenvalue weighted by molar-refractivity contribution is 0.0223. The largest absolute Gasteiger partial charge is 0.444 e. The number of carbonyl (C=O) groups excluding carboxylic acids is 3. The molecule has 0 fully saturated rings. The van der Waals surface area contributed by atoms with E-state index in [1.807, 2.05) is 20.8 Å². The highest BCUT2D eigenvalue weighted by Gasteiger charge is 2.33. The normalized spacial score (nSPS) is 17.0. The van der Waals surface area contributed by atoms with Crippen molar-refractivity contribution in [3.8, 4) is 0 Å². The minimum atomic E-state index is -0.628. The molecule has 0 saturated carbocycles. The van der Waals surface area contributed by atoms with E-state index < -0.39 is 17.5 Å². The van der Waals surface area contributed by atoms with Crippen LogP contribution in [-0.4, -0.2) is 35.1 Å². The number of hydrogen-bond donors (Lipinski definition) is 0. The van der Waals surface area contributed by atoms with E-state index in [4.69, 9.17) is 4.74 Å². The maximum absolute atomic E-state index is 12.1. The average Bonchev–Trinajstić information content (AvgIpc) is 2.69. The molecule has 0 radical (unpaired) electrons. The quantitative estimate of drug-likeness (QED) is 0.543. The van der Waals surface area contributed by atoms with E-state index in [0.717, 1.165) is 11.1 Å². The Hall–Kier alpha value is -2.37. The first-order valence-electron chi connectivity index (χ1n) is 7.15. The van der Waals surface area contributed by atoms with Gasteiger partial charge in [-0.15, -0.1) is 0 Å². The van der Waals surface area contributed by atoms with Gasteiger partial charge in [0.25, 0.3) is 0 Å². The van der Waals surface area contributed by atoms with E-state index >= 15 is 0 Å². The third kappa shape index (κ3) is 2.56. The first-order chi connectivity index (χ1) is 10.2. The van der Waals surface area contributed by atoms with Gasteiger partial charge in [-0.05, 0) is 50.5 Å². The number of benzene rings is 1. The smallest absolute Gasteiger partial charge is 0.410 e. The van der Waals surface area contributed by atoms with E-state index in [1.165, 1.54) is 0 Å². The van der Waals surface area contributed by atoms with Gasteiger partial charge in [-0.3, -0.25) is 0 Å². The number of amides is 1. The van der Waals surface area contributed by atoms with Gasteiger partial charge in [0.05, 0.1) is 11.1 Å². The third-order valence-corrected chi connectivity index (χ3v) is 3.63. The van der Waals surface area contributed by atoms with Crippen molar-refractivity contribution in [3.63, 3.8) is 0 Å². The fourth-order valence-corrected chi connectivity index (χ4v) is 2.62. The average molecular weight is 303 g/mol. The zero-order valence-corrected chi connectivity index (χ0v) is 12.8. The van der Waals surface area contributed by atoms with E-state index in [1.54, 1.807) is 17.0 Å². The van der Waals surface area contributed by atoms with Crippen molar-refractivity contribution in [2.24, 2.45) is 0 Å². The fourth-order valence-electron chi connectivity index (χ4n) is 2.62. The van der Waals surface area contributed by atoms with Crippen LogP contribution in [0.4, 0.5) is 4.79 Å². The summed E-state index contributed by atoms with van der Waals surface area (Å²) in [5.74, 6) is -1.23. The predicted octanol–water partition coefficient (Wildman–Crippen LogP) is 2.29. The molecule has 1 amide bonds. The molecule has 0 saturated heterocycles. The standard InChI is InChI=1S/C16H17NO5/c1-16(2,3)22-15(20)17-5-4-9-6-11-12(7-10(9)8-17)14(19)21-13(11)18/h6-7H,4-5,8H2,1-3H3. The van der Waals surface area contributed by atoms with Crippen molar-refractivity contribution in [2.45, 2.75) is 39.3 Å². The summed E-state index contributed by atoms with van der Waals surface area (Å²) >= 11 is 0. The van der Waals surface area contributed by atoms with Gasteiger partial charge in [-0.25, -0.2) is 14.4 Å². The molecule has 0 spiro atoms. The third-order valence-electron chi connectivity index (χ3n) is 3.63. The number of hydrogen-bond acceptors (Lipinski definition) is 5. The van der Waals surface area contributed by atoms with Crippen LogP contribution >= 0.6 is 0 Å². The van der Waals surface area contributed by atoms with Crippen LogP contribution < -0.4 is 0 Å². The lowest BCUT2D eigenvalue weighted by Gasteiger charge is -2.31. The topological polar surface area (TPSA) is 72.9 Å². The predicted molar refractivity (Wildman–Crippen MR) is 76.5 cm³/mol. The fraction of sp³-hybridized carbons (Fsp3) is 0.438. The molecule has 6 nitrogen and oxygen atoms in total. The Morgan fingerprint density at radius 2 is 1.73 bits per heavy atom. The molecule has 1 aromatic carbocycles. The molecule has 0 aromatic heterocycles. The van der Waals surface area contributed by atoms with Gasteiger partial charge in [0.2, 0.25) is 0 Å². The van der Waals surface area contributed by atoms with Gasteiger partial charge in [0, 0.05) is 13.1 Å². The molecule has 2 aliphatic heterocycles. The molecule has 0 atom stereocenters. The molecule has 2 aliphatic rings. The van der Waals surface area contributed by atoms with Crippen LogP contribution in [0, 0.1) is 0 Å². The molecule has 6 heteroatoms. The summed E-state index contributed by atoms with van der Waals surface area (Å²) in [6.07, 6.45) is 0.237. The molecule has 0 aliphatic carbocycles. The second kappa shape index (κ2) is 4.83. The summed E-state index contributed by atoms with van der Waals surface area (Å²) in [4.78, 5) is 36.9. The molecule has 22 heavy (non-hydrogen) atoms. The minimum Gasteiger partial charge on any atom is -0.444 e. The lowest BCUT2D eigenvalue weighted by Crippen LogP contribution is -2.40. The Morgan fingerprint density at radius 3 is 2.32 bits per heavy atom. The highest BCUT2D eigenvalue weighted by molar-refractivity contribution is 6.14. The zero-order chi connectivity index (χ0) is 16.1. The molecule has 0 N–H and O–H groups in total. The van der Waals surface area contributed by atoms with Crippen molar-refractivity contribution in [3.05, 3.63) is 34.4 Å². The second-order valence-electron chi connectivity index (χ2n) is 6.50. The van der Waals surface area contributed by atoms with Gasteiger partial charge in [0.15, 0.2) is 0 Å². The number of carbonyl (C=O) groups is 3. The molecule has 116 valence electrons. The van der Waals surface area contributed by atoms with E-state index in [-0.39, 0.29) is 11.7 Å². The summed E-state index contributed by atoms with van der Waals surface area (Å²) in [5.41, 5.74) is 1.85. The van der Waals surface area contributed by atoms with Crippen molar-refractivity contribution < 1.29 is 23.9 Å². The Kier molecular flexibility index (Phi) is 3.20. The summed E-state index contributed by atoms with van der Waals surface area (Å²) in [6.45, 7) is 6.33. The van der Waals surface area contributed by atoms with Crippen LogP contribution in [0.5, 0.6) is 0 Å². The maximum Gasteiger partial charge on any atom is 0.410 e. The summed E-state index contributed by atoms with van der Waals surface area (Å²) < 4.78 is 9.97. The SMILES string of the molecule is CC(C)(C)OC(=O)N1CCc2cc3c(cc2C1)C(=O)OC3=O. The van der Waals surface area contributed by atoms with Gasteiger partial charge >= 0.3 is 18.0 Å². The number of fused-ring (bicyclic) bond motifs is 2. The molecule has 0 unspecified atom stereocenters.